The predicted molar refractivity (Wildman–Crippen MR) is 62.6 cm³/mol. The lowest BCUT2D eigenvalue weighted by molar-refractivity contribution is -0.142. The van der Waals surface area contributed by atoms with E-state index in [2.05, 4.69) is 25.7 Å². The first kappa shape index (κ1) is 12.2. The first-order valence-electron chi connectivity index (χ1n) is 5.45. The van der Waals surface area contributed by atoms with Crippen LogP contribution in [-0.2, 0) is 4.79 Å². The van der Waals surface area contributed by atoms with Crippen molar-refractivity contribution in [3.8, 4) is 0 Å². The van der Waals surface area contributed by atoms with Crippen molar-refractivity contribution < 1.29 is 4.79 Å². The summed E-state index contributed by atoms with van der Waals surface area (Å²) in [5.74, 6) is 0.206. The van der Waals surface area contributed by atoms with Crippen LogP contribution in [0.2, 0.25) is 0 Å². The Kier molecular flexibility index (Phi) is 3.24. The molecule has 1 fully saturated rings. The maximum absolute atomic E-state index is 12.3. The van der Waals surface area contributed by atoms with E-state index in [1.807, 2.05) is 18.7 Å². The third kappa shape index (κ3) is 2.40. The van der Waals surface area contributed by atoms with Gasteiger partial charge in [0.15, 0.2) is 0 Å². The minimum atomic E-state index is -0.323. The Bertz CT molecular complexity index is 269. The molecule has 1 N–H and O–H groups in total. The van der Waals surface area contributed by atoms with Gasteiger partial charge in [0.2, 0.25) is 5.91 Å². The fraction of sp³-hybridized carbons (Fsp3) is 0.750. The molecule has 3 nitrogen and oxygen atoms in total. The topological polar surface area (TPSA) is 32.3 Å². The Labute approximate surface area is 92.5 Å². The van der Waals surface area contributed by atoms with Crippen LogP contribution < -0.4 is 5.32 Å². The van der Waals surface area contributed by atoms with Gasteiger partial charge in [0.25, 0.3) is 0 Å². The van der Waals surface area contributed by atoms with E-state index in [9.17, 15) is 4.79 Å². The van der Waals surface area contributed by atoms with E-state index in [0.717, 1.165) is 13.1 Å². The zero-order chi connectivity index (χ0) is 11.7. The molecule has 15 heavy (non-hydrogen) atoms. The average Bonchev–Trinajstić information content (AvgIpc) is 2.17. The van der Waals surface area contributed by atoms with Gasteiger partial charge < -0.3 is 10.2 Å². The summed E-state index contributed by atoms with van der Waals surface area (Å²) in [4.78, 5) is 14.2. The van der Waals surface area contributed by atoms with Crippen molar-refractivity contribution in [2.24, 2.45) is 5.41 Å². The summed E-state index contributed by atoms with van der Waals surface area (Å²) in [6.07, 6.45) is 1.79. The second kappa shape index (κ2) is 3.97. The normalized spacial score (nSPS) is 24.8. The fourth-order valence-electron chi connectivity index (χ4n) is 1.95. The standard InChI is InChI=1S/C12H22N2O/c1-6-7-14-10(15)11(2,3)8-13-9-12(14,4)5/h6,13H,1,7-9H2,2-5H3. The van der Waals surface area contributed by atoms with Gasteiger partial charge in [-0.3, -0.25) is 4.79 Å². The second-order valence-corrected chi connectivity index (χ2v) is 5.50. The number of carbonyl (C=O) groups excluding carboxylic acids is 1. The maximum atomic E-state index is 12.3. The first-order chi connectivity index (χ1) is 6.81. The van der Waals surface area contributed by atoms with Gasteiger partial charge in [-0.1, -0.05) is 6.08 Å². The highest BCUT2D eigenvalue weighted by atomic mass is 16.2. The van der Waals surface area contributed by atoms with Gasteiger partial charge in [-0.05, 0) is 27.7 Å². The summed E-state index contributed by atoms with van der Waals surface area (Å²) in [6, 6.07) is 0. The average molecular weight is 210 g/mol. The summed E-state index contributed by atoms with van der Waals surface area (Å²) in [5, 5.41) is 3.35. The molecule has 0 radical (unpaired) electrons. The lowest BCUT2D eigenvalue weighted by Crippen LogP contribution is -2.52. The Morgan fingerprint density at radius 2 is 2.00 bits per heavy atom. The van der Waals surface area contributed by atoms with Crippen molar-refractivity contribution in [1.29, 1.82) is 0 Å². The van der Waals surface area contributed by atoms with Crippen LogP contribution in [0.1, 0.15) is 27.7 Å². The molecule has 1 rings (SSSR count). The lowest BCUT2D eigenvalue weighted by Gasteiger charge is -2.38. The number of hydrogen-bond acceptors (Lipinski definition) is 2. The molecule has 0 aromatic rings. The van der Waals surface area contributed by atoms with Crippen LogP contribution in [0.4, 0.5) is 0 Å². The third-order valence-electron chi connectivity index (χ3n) is 2.99. The molecule has 1 aliphatic rings. The van der Waals surface area contributed by atoms with E-state index in [0.29, 0.717) is 6.54 Å². The molecule has 1 amide bonds. The summed E-state index contributed by atoms with van der Waals surface area (Å²) in [7, 11) is 0. The van der Waals surface area contributed by atoms with Crippen molar-refractivity contribution in [2.75, 3.05) is 19.6 Å². The van der Waals surface area contributed by atoms with Crippen LogP contribution in [0.25, 0.3) is 0 Å². The highest BCUT2D eigenvalue weighted by Crippen LogP contribution is 2.26. The summed E-state index contributed by atoms with van der Waals surface area (Å²) in [5.41, 5.74) is -0.462. The van der Waals surface area contributed by atoms with Gasteiger partial charge in [0.1, 0.15) is 0 Å². The fourth-order valence-corrected chi connectivity index (χ4v) is 1.95. The number of nitrogens with zero attached hydrogens (tertiary/aromatic N) is 1. The van der Waals surface area contributed by atoms with Gasteiger partial charge in [0, 0.05) is 19.6 Å². The van der Waals surface area contributed by atoms with E-state index in [-0.39, 0.29) is 16.9 Å². The number of rotatable bonds is 2. The molecule has 1 saturated heterocycles. The van der Waals surface area contributed by atoms with Gasteiger partial charge in [-0.25, -0.2) is 0 Å². The van der Waals surface area contributed by atoms with E-state index >= 15 is 0 Å². The van der Waals surface area contributed by atoms with Crippen LogP contribution in [0.15, 0.2) is 12.7 Å². The molecule has 0 aromatic carbocycles. The highest BCUT2D eigenvalue weighted by molar-refractivity contribution is 5.83. The van der Waals surface area contributed by atoms with E-state index in [1.54, 1.807) is 6.08 Å². The quantitative estimate of drug-likeness (QED) is 0.699. The molecule has 1 heterocycles. The van der Waals surface area contributed by atoms with Crippen LogP contribution >= 0.6 is 0 Å². The van der Waals surface area contributed by atoms with Gasteiger partial charge in [-0.15, -0.1) is 6.58 Å². The minimum absolute atomic E-state index is 0.140. The summed E-state index contributed by atoms with van der Waals surface area (Å²) < 4.78 is 0. The summed E-state index contributed by atoms with van der Waals surface area (Å²) in [6.45, 7) is 14.1. The Morgan fingerprint density at radius 1 is 1.40 bits per heavy atom. The first-order valence-corrected chi connectivity index (χ1v) is 5.45. The number of hydrogen-bond donors (Lipinski definition) is 1. The minimum Gasteiger partial charge on any atom is -0.332 e. The Morgan fingerprint density at radius 3 is 2.53 bits per heavy atom. The monoisotopic (exact) mass is 210 g/mol. The lowest BCUT2D eigenvalue weighted by atomic mass is 9.91. The second-order valence-electron chi connectivity index (χ2n) is 5.50. The maximum Gasteiger partial charge on any atom is 0.230 e. The molecule has 0 atom stereocenters. The van der Waals surface area contributed by atoms with Crippen molar-refractivity contribution in [3.05, 3.63) is 12.7 Å². The molecular weight excluding hydrogens is 188 g/mol. The molecule has 0 saturated carbocycles. The molecule has 86 valence electrons. The molecular formula is C12H22N2O. The Balaban J connectivity index is 3.01. The van der Waals surface area contributed by atoms with Gasteiger partial charge >= 0.3 is 0 Å². The SMILES string of the molecule is C=CCN1C(=O)C(C)(C)CNCC1(C)C. The smallest absolute Gasteiger partial charge is 0.230 e. The molecule has 0 bridgehead atoms. The third-order valence-corrected chi connectivity index (χ3v) is 2.99. The molecule has 0 spiro atoms. The highest BCUT2D eigenvalue weighted by Gasteiger charge is 2.41. The zero-order valence-corrected chi connectivity index (χ0v) is 10.3. The molecule has 3 heteroatoms. The number of carbonyl (C=O) groups is 1. The van der Waals surface area contributed by atoms with Crippen LogP contribution in [0.5, 0.6) is 0 Å². The van der Waals surface area contributed by atoms with Crippen molar-refractivity contribution in [3.63, 3.8) is 0 Å². The van der Waals surface area contributed by atoms with E-state index < -0.39 is 0 Å². The molecule has 0 aromatic heterocycles. The Hall–Kier alpha value is -0.830. The van der Waals surface area contributed by atoms with E-state index in [4.69, 9.17) is 0 Å². The van der Waals surface area contributed by atoms with Crippen LogP contribution in [0.3, 0.4) is 0 Å². The van der Waals surface area contributed by atoms with Crippen molar-refractivity contribution in [2.45, 2.75) is 33.2 Å². The van der Waals surface area contributed by atoms with Crippen LogP contribution in [0, 0.1) is 5.41 Å². The largest absolute Gasteiger partial charge is 0.332 e. The molecule has 0 aliphatic carbocycles. The van der Waals surface area contributed by atoms with Crippen molar-refractivity contribution in [1.82, 2.24) is 10.2 Å². The number of nitrogens with one attached hydrogen (secondary N) is 1. The van der Waals surface area contributed by atoms with Crippen molar-refractivity contribution >= 4 is 5.91 Å². The summed E-state index contributed by atoms with van der Waals surface area (Å²) >= 11 is 0. The molecule has 0 unspecified atom stereocenters. The molecule has 1 aliphatic heterocycles. The van der Waals surface area contributed by atoms with Gasteiger partial charge in [-0.2, -0.15) is 0 Å². The predicted octanol–water partition coefficient (Wildman–Crippen LogP) is 1.41. The van der Waals surface area contributed by atoms with Crippen LogP contribution in [-0.4, -0.2) is 36.0 Å². The number of amides is 1. The van der Waals surface area contributed by atoms with E-state index in [1.165, 1.54) is 0 Å². The zero-order valence-electron chi connectivity index (χ0n) is 10.3. The van der Waals surface area contributed by atoms with Gasteiger partial charge in [0.05, 0.1) is 11.0 Å².